The molecule has 1 aliphatic rings. The van der Waals surface area contributed by atoms with Gasteiger partial charge < -0.3 is 15.4 Å². The van der Waals surface area contributed by atoms with Crippen molar-refractivity contribution in [1.29, 1.82) is 0 Å². The third-order valence-electron chi connectivity index (χ3n) is 3.58. The Labute approximate surface area is 118 Å². The van der Waals surface area contributed by atoms with Crippen LogP contribution >= 0.6 is 0 Å². The zero-order valence-electron chi connectivity index (χ0n) is 11.5. The predicted octanol–water partition coefficient (Wildman–Crippen LogP) is 1.81. The highest BCUT2D eigenvalue weighted by Crippen LogP contribution is 2.17. The molecular formula is C15H20N4O. The summed E-state index contributed by atoms with van der Waals surface area (Å²) < 4.78 is 5.87. The molecule has 0 aliphatic carbocycles. The molecule has 0 radical (unpaired) electrons. The average Bonchev–Trinajstić information content (AvgIpc) is 2.53. The number of hydrogen-bond acceptors (Lipinski definition) is 5. The van der Waals surface area contributed by atoms with E-state index in [1.54, 1.807) is 6.33 Å². The lowest BCUT2D eigenvalue weighted by molar-refractivity contribution is 0.0394. The van der Waals surface area contributed by atoms with Gasteiger partial charge in [-0.2, -0.15) is 0 Å². The standard InChI is InChI=1S/C15H20N4O/c1-2-4-14-13(3-1)15(19-11-18-14)17-9-10-20-12-5-7-16-8-6-12/h1-4,11-12,16H,5-10H2,(H,17,18,19). The molecule has 0 bridgehead atoms. The summed E-state index contributed by atoms with van der Waals surface area (Å²) in [5, 5.41) is 7.73. The van der Waals surface area contributed by atoms with Crippen LogP contribution in [-0.4, -0.2) is 42.3 Å². The predicted molar refractivity (Wildman–Crippen MR) is 79.9 cm³/mol. The number of benzene rings is 1. The van der Waals surface area contributed by atoms with E-state index in [-0.39, 0.29) is 0 Å². The van der Waals surface area contributed by atoms with E-state index in [0.29, 0.717) is 12.7 Å². The molecule has 2 N–H and O–H groups in total. The zero-order chi connectivity index (χ0) is 13.6. The SMILES string of the molecule is c1ccc2c(NCCOC3CCNCC3)ncnc2c1. The van der Waals surface area contributed by atoms with Crippen molar-refractivity contribution in [2.45, 2.75) is 18.9 Å². The van der Waals surface area contributed by atoms with Crippen molar-refractivity contribution in [1.82, 2.24) is 15.3 Å². The topological polar surface area (TPSA) is 59.1 Å². The Bertz CT molecular complexity index is 549. The van der Waals surface area contributed by atoms with Crippen molar-refractivity contribution in [3.63, 3.8) is 0 Å². The van der Waals surface area contributed by atoms with Gasteiger partial charge in [0.2, 0.25) is 0 Å². The summed E-state index contributed by atoms with van der Waals surface area (Å²) in [4.78, 5) is 8.56. The largest absolute Gasteiger partial charge is 0.376 e. The van der Waals surface area contributed by atoms with E-state index < -0.39 is 0 Å². The highest BCUT2D eigenvalue weighted by atomic mass is 16.5. The number of piperidine rings is 1. The van der Waals surface area contributed by atoms with Gasteiger partial charge in [-0.15, -0.1) is 0 Å². The number of aromatic nitrogens is 2. The van der Waals surface area contributed by atoms with Crippen molar-refractivity contribution in [3.8, 4) is 0 Å². The van der Waals surface area contributed by atoms with Crippen LogP contribution in [0.2, 0.25) is 0 Å². The molecule has 1 aromatic heterocycles. The maximum atomic E-state index is 5.87. The number of para-hydroxylation sites is 1. The number of anilines is 1. The van der Waals surface area contributed by atoms with E-state index in [4.69, 9.17) is 4.74 Å². The molecule has 1 saturated heterocycles. The molecule has 0 amide bonds. The van der Waals surface area contributed by atoms with Crippen LogP contribution in [0.25, 0.3) is 10.9 Å². The first-order valence-corrected chi connectivity index (χ1v) is 7.19. The first-order chi connectivity index (χ1) is 9.93. The minimum atomic E-state index is 0.403. The van der Waals surface area contributed by atoms with Gasteiger partial charge in [-0.3, -0.25) is 0 Å². The molecule has 106 valence electrons. The summed E-state index contributed by atoms with van der Waals surface area (Å²) in [6.07, 6.45) is 4.21. The van der Waals surface area contributed by atoms with Crippen molar-refractivity contribution >= 4 is 16.7 Å². The molecule has 1 aliphatic heterocycles. The van der Waals surface area contributed by atoms with Crippen molar-refractivity contribution in [2.75, 3.05) is 31.6 Å². The molecular weight excluding hydrogens is 252 g/mol. The van der Waals surface area contributed by atoms with E-state index in [2.05, 4.69) is 20.6 Å². The van der Waals surface area contributed by atoms with Crippen molar-refractivity contribution in [3.05, 3.63) is 30.6 Å². The van der Waals surface area contributed by atoms with Crippen LogP contribution in [0.1, 0.15) is 12.8 Å². The quantitative estimate of drug-likeness (QED) is 0.813. The van der Waals surface area contributed by atoms with Crippen LogP contribution in [0, 0.1) is 0 Å². The first kappa shape index (κ1) is 13.3. The molecule has 20 heavy (non-hydrogen) atoms. The molecule has 1 aromatic carbocycles. The van der Waals surface area contributed by atoms with Gasteiger partial charge in [-0.25, -0.2) is 9.97 Å². The van der Waals surface area contributed by atoms with Gasteiger partial charge in [0.1, 0.15) is 12.1 Å². The van der Waals surface area contributed by atoms with Gasteiger partial charge in [0.05, 0.1) is 18.2 Å². The molecule has 5 nitrogen and oxygen atoms in total. The highest BCUT2D eigenvalue weighted by Gasteiger charge is 2.12. The maximum Gasteiger partial charge on any atom is 0.137 e. The molecule has 5 heteroatoms. The summed E-state index contributed by atoms with van der Waals surface area (Å²) in [6.45, 7) is 3.61. The third-order valence-corrected chi connectivity index (χ3v) is 3.58. The van der Waals surface area contributed by atoms with Crippen LogP contribution in [-0.2, 0) is 4.74 Å². The summed E-state index contributed by atoms with van der Waals surface area (Å²) in [5.41, 5.74) is 0.962. The molecule has 0 unspecified atom stereocenters. The van der Waals surface area contributed by atoms with Crippen LogP contribution in [0.15, 0.2) is 30.6 Å². The Hall–Kier alpha value is -1.72. The Morgan fingerprint density at radius 2 is 2.05 bits per heavy atom. The normalized spacial score (nSPS) is 16.4. The van der Waals surface area contributed by atoms with Gasteiger partial charge in [0.25, 0.3) is 0 Å². The van der Waals surface area contributed by atoms with Crippen LogP contribution < -0.4 is 10.6 Å². The lowest BCUT2D eigenvalue weighted by Gasteiger charge is -2.23. The average molecular weight is 272 g/mol. The molecule has 2 heterocycles. The first-order valence-electron chi connectivity index (χ1n) is 7.19. The number of hydrogen-bond donors (Lipinski definition) is 2. The number of nitrogens with zero attached hydrogens (tertiary/aromatic N) is 2. The summed E-state index contributed by atoms with van der Waals surface area (Å²) in [5.74, 6) is 0.879. The Morgan fingerprint density at radius 1 is 1.20 bits per heavy atom. The molecule has 2 aromatic rings. The summed E-state index contributed by atoms with van der Waals surface area (Å²) in [7, 11) is 0. The number of rotatable bonds is 5. The molecule has 0 saturated carbocycles. The third kappa shape index (κ3) is 3.23. The van der Waals surface area contributed by atoms with Gasteiger partial charge in [-0.1, -0.05) is 12.1 Å². The van der Waals surface area contributed by atoms with Gasteiger partial charge in [0.15, 0.2) is 0 Å². The molecule has 0 atom stereocenters. The second-order valence-electron chi connectivity index (χ2n) is 4.99. The number of ether oxygens (including phenoxy) is 1. The van der Waals surface area contributed by atoms with E-state index in [0.717, 1.165) is 49.2 Å². The summed E-state index contributed by atoms with van der Waals surface area (Å²) >= 11 is 0. The lowest BCUT2D eigenvalue weighted by Crippen LogP contribution is -2.33. The van der Waals surface area contributed by atoms with E-state index in [1.807, 2.05) is 24.3 Å². The van der Waals surface area contributed by atoms with Gasteiger partial charge >= 0.3 is 0 Å². The van der Waals surface area contributed by atoms with Crippen LogP contribution in [0.5, 0.6) is 0 Å². The van der Waals surface area contributed by atoms with Crippen molar-refractivity contribution in [2.24, 2.45) is 0 Å². The number of fused-ring (bicyclic) bond motifs is 1. The fourth-order valence-corrected chi connectivity index (χ4v) is 2.50. The minimum Gasteiger partial charge on any atom is -0.376 e. The Kier molecular flexibility index (Phi) is 4.40. The maximum absolute atomic E-state index is 5.87. The van der Waals surface area contributed by atoms with E-state index in [1.165, 1.54) is 0 Å². The highest BCUT2D eigenvalue weighted by molar-refractivity contribution is 5.88. The van der Waals surface area contributed by atoms with E-state index in [9.17, 15) is 0 Å². The summed E-state index contributed by atoms with van der Waals surface area (Å²) in [6, 6.07) is 8.01. The van der Waals surface area contributed by atoms with Gasteiger partial charge in [-0.05, 0) is 38.1 Å². The number of nitrogens with one attached hydrogen (secondary N) is 2. The molecule has 3 rings (SSSR count). The Balaban J connectivity index is 1.52. The van der Waals surface area contributed by atoms with E-state index >= 15 is 0 Å². The lowest BCUT2D eigenvalue weighted by atomic mass is 10.1. The minimum absolute atomic E-state index is 0.403. The fraction of sp³-hybridized carbons (Fsp3) is 0.467. The molecule has 0 spiro atoms. The second-order valence-corrected chi connectivity index (χ2v) is 4.99. The van der Waals surface area contributed by atoms with Crippen molar-refractivity contribution < 1.29 is 4.74 Å². The van der Waals surface area contributed by atoms with Crippen LogP contribution in [0.3, 0.4) is 0 Å². The second kappa shape index (κ2) is 6.63. The molecule has 1 fully saturated rings. The monoisotopic (exact) mass is 272 g/mol. The van der Waals surface area contributed by atoms with Gasteiger partial charge in [0, 0.05) is 11.9 Å². The van der Waals surface area contributed by atoms with Crippen LogP contribution in [0.4, 0.5) is 5.82 Å². The zero-order valence-corrected chi connectivity index (χ0v) is 11.5. The smallest absolute Gasteiger partial charge is 0.137 e. The Morgan fingerprint density at radius 3 is 2.95 bits per heavy atom. The fourth-order valence-electron chi connectivity index (χ4n) is 2.50.